The summed E-state index contributed by atoms with van der Waals surface area (Å²) in [5.74, 6) is 0.956. The molecule has 1 aliphatic rings. The molecule has 0 unspecified atom stereocenters. The average Bonchev–Trinajstić information content (AvgIpc) is 3.54. The van der Waals surface area contributed by atoms with Gasteiger partial charge < -0.3 is 20.4 Å². The molecule has 3 N–H and O–H groups in total. The first kappa shape index (κ1) is 22.9. The molecule has 0 saturated heterocycles. The molecule has 2 aromatic carbocycles. The zero-order valence-electron chi connectivity index (χ0n) is 20.4. The van der Waals surface area contributed by atoms with Crippen LogP contribution in [0.1, 0.15) is 54.1 Å². The fourth-order valence-corrected chi connectivity index (χ4v) is 4.68. The molecule has 0 atom stereocenters. The second-order valence-corrected chi connectivity index (χ2v) is 9.10. The van der Waals surface area contributed by atoms with Gasteiger partial charge in [0.1, 0.15) is 11.8 Å². The summed E-state index contributed by atoms with van der Waals surface area (Å²) in [4.78, 5) is 25.0. The number of benzene rings is 2. The molecular formula is C28H31N5O2. The van der Waals surface area contributed by atoms with Gasteiger partial charge in [-0.1, -0.05) is 36.8 Å². The minimum Gasteiger partial charge on any atom is -0.474 e. The minimum absolute atomic E-state index is 0.105. The monoisotopic (exact) mass is 469 g/mol. The number of anilines is 2. The molecule has 1 fully saturated rings. The van der Waals surface area contributed by atoms with Crippen molar-refractivity contribution in [2.45, 2.75) is 52.1 Å². The van der Waals surface area contributed by atoms with E-state index in [4.69, 9.17) is 14.7 Å². The standard InChI is InChI=1S/C28H31N5O2/c1-4-18-15-20(26(34)29-3)13-14-23(18)31-28-32-25-24(27(33-28)35-21-7-5-6-8-21)22(16-30-25)19-11-9-17(2)10-12-19/h9-16,21H,4-8H2,1-3H3,(H,29,34)(H2,30,31,32,33). The molecule has 2 aromatic heterocycles. The van der Waals surface area contributed by atoms with Crippen LogP contribution in [-0.4, -0.2) is 34.0 Å². The van der Waals surface area contributed by atoms with E-state index in [1.54, 1.807) is 13.1 Å². The number of nitrogens with zero attached hydrogens (tertiary/aromatic N) is 2. The molecule has 0 spiro atoms. The predicted molar refractivity (Wildman–Crippen MR) is 139 cm³/mol. The van der Waals surface area contributed by atoms with Crippen molar-refractivity contribution in [1.82, 2.24) is 20.3 Å². The van der Waals surface area contributed by atoms with Crippen LogP contribution >= 0.6 is 0 Å². The van der Waals surface area contributed by atoms with Crippen molar-refractivity contribution in [3.8, 4) is 17.0 Å². The second kappa shape index (κ2) is 9.78. The molecular weight excluding hydrogens is 438 g/mol. The molecule has 35 heavy (non-hydrogen) atoms. The van der Waals surface area contributed by atoms with Gasteiger partial charge in [0.15, 0.2) is 0 Å². The first-order valence-electron chi connectivity index (χ1n) is 12.3. The van der Waals surface area contributed by atoms with Crippen molar-refractivity contribution in [3.05, 3.63) is 65.4 Å². The van der Waals surface area contributed by atoms with Gasteiger partial charge in [-0.25, -0.2) is 0 Å². The van der Waals surface area contributed by atoms with Crippen LogP contribution in [-0.2, 0) is 6.42 Å². The maximum absolute atomic E-state index is 12.1. The van der Waals surface area contributed by atoms with E-state index in [1.807, 2.05) is 18.3 Å². The highest BCUT2D eigenvalue weighted by Gasteiger charge is 2.22. The Morgan fingerprint density at radius 3 is 2.60 bits per heavy atom. The lowest BCUT2D eigenvalue weighted by Gasteiger charge is -2.16. The molecule has 4 aromatic rings. The van der Waals surface area contributed by atoms with E-state index in [0.29, 0.717) is 17.4 Å². The van der Waals surface area contributed by atoms with Gasteiger partial charge in [0.05, 0.1) is 5.39 Å². The number of hydrogen-bond acceptors (Lipinski definition) is 5. The smallest absolute Gasteiger partial charge is 0.251 e. The van der Waals surface area contributed by atoms with Gasteiger partial charge in [0.25, 0.3) is 5.91 Å². The minimum atomic E-state index is -0.105. The van der Waals surface area contributed by atoms with Crippen molar-refractivity contribution in [3.63, 3.8) is 0 Å². The number of carbonyl (C=O) groups is 1. The van der Waals surface area contributed by atoms with E-state index in [9.17, 15) is 4.79 Å². The Bertz CT molecular complexity index is 1350. The van der Waals surface area contributed by atoms with E-state index >= 15 is 0 Å². The van der Waals surface area contributed by atoms with Crippen molar-refractivity contribution in [2.24, 2.45) is 0 Å². The second-order valence-electron chi connectivity index (χ2n) is 9.10. The van der Waals surface area contributed by atoms with E-state index in [2.05, 4.69) is 53.7 Å². The predicted octanol–water partition coefficient (Wildman–Crippen LogP) is 5.92. The highest BCUT2D eigenvalue weighted by molar-refractivity contribution is 5.98. The molecule has 0 radical (unpaired) electrons. The fraction of sp³-hybridized carbons (Fsp3) is 0.321. The largest absolute Gasteiger partial charge is 0.474 e. The first-order chi connectivity index (χ1) is 17.1. The molecule has 1 amide bonds. The van der Waals surface area contributed by atoms with Crippen LogP contribution < -0.4 is 15.4 Å². The first-order valence-corrected chi connectivity index (χ1v) is 12.3. The molecule has 0 bridgehead atoms. The number of aromatic nitrogens is 3. The van der Waals surface area contributed by atoms with Gasteiger partial charge in [-0.3, -0.25) is 4.79 Å². The van der Waals surface area contributed by atoms with Crippen LogP contribution in [0.15, 0.2) is 48.7 Å². The lowest BCUT2D eigenvalue weighted by molar-refractivity contribution is 0.0963. The molecule has 2 heterocycles. The zero-order valence-corrected chi connectivity index (χ0v) is 20.4. The lowest BCUT2D eigenvalue weighted by Crippen LogP contribution is -2.18. The molecule has 7 heteroatoms. The number of hydrogen-bond donors (Lipinski definition) is 3. The summed E-state index contributed by atoms with van der Waals surface area (Å²) in [6, 6.07) is 14.1. The van der Waals surface area contributed by atoms with Crippen molar-refractivity contribution < 1.29 is 9.53 Å². The number of carbonyl (C=O) groups excluding carboxylic acids is 1. The third kappa shape index (κ3) is 4.71. The van der Waals surface area contributed by atoms with Gasteiger partial charge in [0, 0.05) is 30.1 Å². The number of amides is 1. The van der Waals surface area contributed by atoms with E-state index < -0.39 is 0 Å². The van der Waals surface area contributed by atoms with Crippen molar-refractivity contribution in [1.29, 1.82) is 0 Å². The van der Waals surface area contributed by atoms with Crippen LogP contribution in [0, 0.1) is 6.92 Å². The maximum atomic E-state index is 12.1. The van der Waals surface area contributed by atoms with Crippen LogP contribution in [0.3, 0.4) is 0 Å². The lowest BCUT2D eigenvalue weighted by atomic mass is 10.0. The number of H-pyrrole nitrogens is 1. The summed E-state index contributed by atoms with van der Waals surface area (Å²) >= 11 is 0. The molecule has 1 aliphatic carbocycles. The Kier molecular flexibility index (Phi) is 6.40. The SMILES string of the molecule is CCc1cc(C(=O)NC)ccc1Nc1nc(OC2CCCC2)c2c(-c3ccc(C)cc3)c[nH]c2n1. The summed E-state index contributed by atoms with van der Waals surface area (Å²) in [5, 5.41) is 6.95. The number of ether oxygens (including phenoxy) is 1. The topological polar surface area (TPSA) is 91.9 Å². The molecule has 1 saturated carbocycles. The van der Waals surface area contributed by atoms with Crippen LogP contribution in [0.5, 0.6) is 5.88 Å². The third-order valence-corrected chi connectivity index (χ3v) is 6.66. The highest BCUT2D eigenvalue weighted by Crippen LogP contribution is 2.37. The van der Waals surface area contributed by atoms with Gasteiger partial charge in [-0.05, 0) is 68.4 Å². The van der Waals surface area contributed by atoms with E-state index in [-0.39, 0.29) is 12.0 Å². The normalized spacial score (nSPS) is 13.8. The molecule has 7 nitrogen and oxygen atoms in total. The van der Waals surface area contributed by atoms with E-state index in [1.165, 1.54) is 18.4 Å². The summed E-state index contributed by atoms with van der Waals surface area (Å²) < 4.78 is 6.47. The molecule has 180 valence electrons. The molecule has 0 aliphatic heterocycles. The van der Waals surface area contributed by atoms with Crippen molar-refractivity contribution >= 4 is 28.6 Å². The van der Waals surface area contributed by atoms with Gasteiger partial charge >= 0.3 is 0 Å². The van der Waals surface area contributed by atoms with E-state index in [0.717, 1.165) is 52.7 Å². The summed E-state index contributed by atoms with van der Waals surface area (Å²) in [6.07, 6.45) is 7.35. The third-order valence-electron chi connectivity index (χ3n) is 6.66. The van der Waals surface area contributed by atoms with Crippen molar-refractivity contribution in [2.75, 3.05) is 12.4 Å². The number of fused-ring (bicyclic) bond motifs is 1. The van der Waals surface area contributed by atoms with Gasteiger partial charge in [-0.15, -0.1) is 0 Å². The summed E-state index contributed by atoms with van der Waals surface area (Å²) in [5.41, 5.74) is 6.59. The number of rotatable bonds is 7. The number of nitrogens with one attached hydrogen (secondary N) is 3. The summed E-state index contributed by atoms with van der Waals surface area (Å²) in [7, 11) is 1.64. The van der Waals surface area contributed by atoms with Crippen LogP contribution in [0.2, 0.25) is 0 Å². The Morgan fingerprint density at radius 1 is 1.11 bits per heavy atom. The zero-order chi connectivity index (χ0) is 24.4. The quantitative estimate of drug-likeness (QED) is 0.312. The van der Waals surface area contributed by atoms with Crippen LogP contribution in [0.4, 0.5) is 11.6 Å². The highest BCUT2D eigenvalue weighted by atomic mass is 16.5. The Hall–Kier alpha value is -3.87. The average molecular weight is 470 g/mol. The Morgan fingerprint density at radius 2 is 1.89 bits per heavy atom. The van der Waals surface area contributed by atoms with Crippen LogP contribution in [0.25, 0.3) is 22.2 Å². The van der Waals surface area contributed by atoms with Gasteiger partial charge in [-0.2, -0.15) is 9.97 Å². The maximum Gasteiger partial charge on any atom is 0.251 e. The molecule has 5 rings (SSSR count). The summed E-state index contributed by atoms with van der Waals surface area (Å²) in [6.45, 7) is 4.14. The Labute approximate surface area is 205 Å². The number of aromatic amines is 1. The Balaban J connectivity index is 1.55. The number of aryl methyl sites for hydroxylation is 2. The van der Waals surface area contributed by atoms with Gasteiger partial charge in [0.2, 0.25) is 11.8 Å². The fourth-order valence-electron chi connectivity index (χ4n) is 4.68.